The predicted molar refractivity (Wildman–Crippen MR) is 89.7 cm³/mol. The largest absolute Gasteiger partial charge is 0.481 e. The average Bonchev–Trinajstić information content (AvgIpc) is 3.30. The fourth-order valence-electron chi connectivity index (χ4n) is 3.53. The smallest absolute Gasteiger partial charge is 0.416 e. The van der Waals surface area contributed by atoms with Crippen molar-refractivity contribution in [2.45, 2.75) is 25.3 Å². The minimum absolute atomic E-state index is 0.172. The van der Waals surface area contributed by atoms with Gasteiger partial charge in [-0.1, -0.05) is 36.4 Å². The number of amides is 2. The first-order valence-corrected chi connectivity index (χ1v) is 8.40. The van der Waals surface area contributed by atoms with Gasteiger partial charge in [0.25, 0.3) is 0 Å². The number of carboxylic acid groups (broad SMARTS) is 1. The molecular weight excluding hydrogens is 322 g/mol. The van der Waals surface area contributed by atoms with Crippen molar-refractivity contribution in [1.82, 2.24) is 4.90 Å². The zero-order valence-electron chi connectivity index (χ0n) is 13.8. The van der Waals surface area contributed by atoms with Crippen LogP contribution >= 0.6 is 0 Å². The first-order chi connectivity index (χ1) is 12.0. The Bertz CT molecular complexity index is 686. The number of carboxylic acids is 1. The lowest BCUT2D eigenvalue weighted by molar-refractivity contribution is -0.142. The lowest BCUT2D eigenvalue weighted by Crippen LogP contribution is -2.41. The maximum absolute atomic E-state index is 12.8. The summed E-state index contributed by atoms with van der Waals surface area (Å²) in [5.41, 5.74) is 1.02. The molecule has 1 unspecified atom stereocenters. The third-order valence-corrected chi connectivity index (χ3v) is 4.92. The lowest BCUT2D eigenvalue weighted by Gasteiger charge is -2.20. The van der Waals surface area contributed by atoms with Crippen molar-refractivity contribution in [3.63, 3.8) is 0 Å². The molecule has 0 bridgehead atoms. The molecule has 0 radical (unpaired) electrons. The molecule has 0 aromatic heterocycles. The summed E-state index contributed by atoms with van der Waals surface area (Å²) in [6.07, 6.45) is 2.27. The van der Waals surface area contributed by atoms with Crippen LogP contribution in [-0.2, 0) is 20.7 Å². The zero-order chi connectivity index (χ0) is 18.0. The first kappa shape index (κ1) is 17.2. The molecule has 132 valence electrons. The van der Waals surface area contributed by atoms with Crippen molar-refractivity contribution in [3.05, 3.63) is 48.6 Å². The zero-order valence-corrected chi connectivity index (χ0v) is 13.8. The molecule has 1 saturated carbocycles. The molecule has 1 N–H and O–H groups in total. The van der Waals surface area contributed by atoms with Crippen molar-refractivity contribution in [2.75, 3.05) is 6.61 Å². The van der Waals surface area contributed by atoms with E-state index in [4.69, 9.17) is 4.74 Å². The summed E-state index contributed by atoms with van der Waals surface area (Å²) in [4.78, 5) is 37.4. The van der Waals surface area contributed by atoms with Crippen molar-refractivity contribution < 1.29 is 24.2 Å². The number of allylic oxidation sites excluding steroid dienone is 1. The standard InChI is InChI=1S/C19H21NO5/c1-2-6-14(18(22)23)15-10-16(15)17(21)20-13(11-25-19(20)24)9-12-7-4-3-5-8-12/h2-5,7-8,13-16H,1,6,9-11H2,(H,22,23)/t13-,14+,15-,16?/m1/s1. The molecular formula is C19H21NO5. The van der Waals surface area contributed by atoms with Crippen LogP contribution in [0.25, 0.3) is 0 Å². The number of nitrogens with zero attached hydrogens (tertiary/aromatic N) is 1. The van der Waals surface area contributed by atoms with Gasteiger partial charge in [-0.05, 0) is 30.7 Å². The van der Waals surface area contributed by atoms with Gasteiger partial charge in [-0.2, -0.15) is 0 Å². The summed E-state index contributed by atoms with van der Waals surface area (Å²) in [7, 11) is 0. The number of cyclic esters (lactones) is 1. The van der Waals surface area contributed by atoms with Gasteiger partial charge in [0.15, 0.2) is 0 Å². The molecule has 2 aliphatic rings. The Morgan fingerprint density at radius 3 is 2.72 bits per heavy atom. The van der Waals surface area contributed by atoms with Crippen molar-refractivity contribution in [2.24, 2.45) is 17.8 Å². The second-order valence-corrected chi connectivity index (χ2v) is 6.60. The quantitative estimate of drug-likeness (QED) is 0.769. The minimum atomic E-state index is -0.926. The van der Waals surface area contributed by atoms with Crippen molar-refractivity contribution in [1.29, 1.82) is 0 Å². The number of aliphatic carboxylic acids is 1. The van der Waals surface area contributed by atoms with Gasteiger partial charge in [-0.3, -0.25) is 9.59 Å². The predicted octanol–water partition coefficient (Wildman–Crippen LogP) is 2.49. The molecule has 6 nitrogen and oxygen atoms in total. The maximum atomic E-state index is 12.8. The van der Waals surface area contributed by atoms with E-state index in [0.29, 0.717) is 19.3 Å². The van der Waals surface area contributed by atoms with Crippen molar-refractivity contribution in [3.8, 4) is 0 Å². The molecule has 6 heteroatoms. The highest BCUT2D eigenvalue weighted by Gasteiger charge is 2.54. The van der Waals surface area contributed by atoms with Crippen LogP contribution in [-0.4, -0.2) is 40.6 Å². The number of rotatable bonds is 7. The monoisotopic (exact) mass is 343 g/mol. The van der Waals surface area contributed by atoms with Gasteiger partial charge in [0.1, 0.15) is 6.61 Å². The summed E-state index contributed by atoms with van der Waals surface area (Å²) in [5, 5.41) is 9.31. The fourth-order valence-corrected chi connectivity index (χ4v) is 3.53. The summed E-state index contributed by atoms with van der Waals surface area (Å²) in [5.74, 6) is -2.54. The molecule has 2 amide bonds. The third kappa shape index (κ3) is 3.57. The molecule has 2 fully saturated rings. The Hall–Kier alpha value is -2.63. The van der Waals surface area contributed by atoms with E-state index < -0.39 is 23.9 Å². The van der Waals surface area contributed by atoms with Crippen LogP contribution in [0.4, 0.5) is 4.79 Å². The number of carbonyl (C=O) groups is 3. The van der Waals surface area contributed by atoms with Crippen LogP contribution in [0.2, 0.25) is 0 Å². The van der Waals surface area contributed by atoms with Gasteiger partial charge in [-0.15, -0.1) is 6.58 Å². The number of hydrogen-bond acceptors (Lipinski definition) is 4. The van der Waals surface area contributed by atoms with Crippen molar-refractivity contribution >= 4 is 18.0 Å². The topological polar surface area (TPSA) is 83.9 Å². The molecule has 1 aromatic carbocycles. The van der Waals surface area contributed by atoms with Gasteiger partial charge in [0.05, 0.1) is 12.0 Å². The SMILES string of the molecule is C=CC[C@H](C(=O)O)[C@H]1CC1C(=O)N1C(=O)OC[C@H]1Cc1ccccc1. The molecule has 1 heterocycles. The highest BCUT2D eigenvalue weighted by molar-refractivity contribution is 5.96. The fraction of sp³-hybridized carbons (Fsp3) is 0.421. The van der Waals surface area contributed by atoms with Crippen LogP contribution in [0.5, 0.6) is 0 Å². The highest BCUT2D eigenvalue weighted by Crippen LogP contribution is 2.47. The molecule has 1 aliphatic heterocycles. The Morgan fingerprint density at radius 2 is 2.08 bits per heavy atom. The molecule has 1 aromatic rings. The molecule has 25 heavy (non-hydrogen) atoms. The Morgan fingerprint density at radius 1 is 1.36 bits per heavy atom. The van der Waals surface area contributed by atoms with Gasteiger partial charge in [0.2, 0.25) is 5.91 Å². The maximum Gasteiger partial charge on any atom is 0.416 e. The summed E-state index contributed by atoms with van der Waals surface area (Å²) in [6, 6.07) is 9.26. The van der Waals surface area contributed by atoms with Crippen LogP contribution in [0.15, 0.2) is 43.0 Å². The Kier molecular flexibility index (Phi) is 4.88. The highest BCUT2D eigenvalue weighted by atomic mass is 16.6. The average molecular weight is 343 g/mol. The Labute approximate surface area is 146 Å². The number of imide groups is 1. The van der Waals surface area contributed by atoms with E-state index >= 15 is 0 Å². The molecule has 1 aliphatic carbocycles. The van der Waals surface area contributed by atoms with E-state index in [1.807, 2.05) is 30.3 Å². The number of carbonyl (C=O) groups excluding carboxylic acids is 2. The summed E-state index contributed by atoms with van der Waals surface area (Å²) >= 11 is 0. The van der Waals surface area contributed by atoms with Crippen LogP contribution in [0, 0.1) is 17.8 Å². The number of hydrogen-bond donors (Lipinski definition) is 1. The second kappa shape index (κ2) is 7.09. The van der Waals surface area contributed by atoms with Gasteiger partial charge in [-0.25, -0.2) is 9.69 Å². The van der Waals surface area contributed by atoms with Gasteiger partial charge >= 0.3 is 12.1 Å². The molecule has 3 rings (SSSR count). The van der Waals surface area contributed by atoms with E-state index in [1.165, 1.54) is 4.90 Å². The number of ether oxygens (including phenoxy) is 1. The molecule has 4 atom stereocenters. The normalized spacial score (nSPS) is 26.0. The summed E-state index contributed by atoms with van der Waals surface area (Å²) < 4.78 is 5.07. The lowest BCUT2D eigenvalue weighted by atomic mass is 9.98. The summed E-state index contributed by atoms with van der Waals surface area (Å²) in [6.45, 7) is 3.75. The van der Waals surface area contributed by atoms with Crippen LogP contribution < -0.4 is 0 Å². The van der Waals surface area contributed by atoms with E-state index in [1.54, 1.807) is 6.08 Å². The van der Waals surface area contributed by atoms with E-state index in [-0.39, 0.29) is 24.5 Å². The molecule has 1 saturated heterocycles. The van der Waals surface area contributed by atoms with Gasteiger partial charge < -0.3 is 9.84 Å². The molecule has 0 spiro atoms. The minimum Gasteiger partial charge on any atom is -0.481 e. The second-order valence-electron chi connectivity index (χ2n) is 6.60. The first-order valence-electron chi connectivity index (χ1n) is 8.40. The van der Waals surface area contributed by atoms with E-state index in [9.17, 15) is 19.5 Å². The van der Waals surface area contributed by atoms with Crippen LogP contribution in [0.1, 0.15) is 18.4 Å². The van der Waals surface area contributed by atoms with Gasteiger partial charge in [0, 0.05) is 5.92 Å². The number of benzene rings is 1. The van der Waals surface area contributed by atoms with E-state index in [2.05, 4.69) is 6.58 Å². The van der Waals surface area contributed by atoms with E-state index in [0.717, 1.165) is 5.56 Å². The Balaban J connectivity index is 1.69. The van der Waals surface area contributed by atoms with Crippen LogP contribution in [0.3, 0.4) is 0 Å². The third-order valence-electron chi connectivity index (χ3n) is 4.92.